The maximum atomic E-state index is 12.4. The number of nitrogens with zero attached hydrogens (tertiary/aromatic N) is 2. The number of para-hydroxylation sites is 1. The van der Waals surface area contributed by atoms with E-state index in [1.165, 1.54) is 24.3 Å². The van der Waals surface area contributed by atoms with E-state index in [4.69, 9.17) is 14.9 Å². The van der Waals surface area contributed by atoms with E-state index in [2.05, 4.69) is 0 Å². The van der Waals surface area contributed by atoms with E-state index in [1.54, 1.807) is 24.3 Å². The Morgan fingerprint density at radius 2 is 1.85 bits per heavy atom. The number of rotatable bonds is 2. The van der Waals surface area contributed by atoms with Crippen LogP contribution in [0.2, 0.25) is 0 Å². The number of nitrogens with two attached hydrogens (primary N) is 1. The minimum atomic E-state index is -0.714. The Morgan fingerprint density at radius 3 is 2.52 bits per heavy atom. The van der Waals surface area contributed by atoms with Gasteiger partial charge in [0.15, 0.2) is 0 Å². The van der Waals surface area contributed by atoms with E-state index in [9.17, 15) is 20.2 Å². The molecular formula is C19H11N3O5. The maximum Gasteiger partial charge on any atom is 0.380 e. The molecule has 8 heteroatoms. The van der Waals surface area contributed by atoms with Gasteiger partial charge in [0, 0.05) is 23.1 Å². The van der Waals surface area contributed by atoms with Gasteiger partial charge in [0.05, 0.1) is 10.8 Å². The zero-order valence-corrected chi connectivity index (χ0v) is 13.7. The van der Waals surface area contributed by atoms with Gasteiger partial charge in [0.2, 0.25) is 11.6 Å². The smallest absolute Gasteiger partial charge is 0.380 e. The van der Waals surface area contributed by atoms with Gasteiger partial charge in [0.1, 0.15) is 17.2 Å². The zero-order valence-electron chi connectivity index (χ0n) is 13.7. The van der Waals surface area contributed by atoms with Crippen molar-refractivity contribution in [3.8, 4) is 11.8 Å². The van der Waals surface area contributed by atoms with E-state index >= 15 is 0 Å². The summed E-state index contributed by atoms with van der Waals surface area (Å²) < 4.78 is 10.7. The van der Waals surface area contributed by atoms with Crippen LogP contribution >= 0.6 is 0 Å². The van der Waals surface area contributed by atoms with Crippen LogP contribution in [0.1, 0.15) is 17.0 Å². The van der Waals surface area contributed by atoms with Crippen molar-refractivity contribution in [1.82, 2.24) is 0 Å². The van der Waals surface area contributed by atoms with Crippen molar-refractivity contribution in [3.05, 3.63) is 91.6 Å². The molecule has 1 atom stereocenters. The molecule has 27 heavy (non-hydrogen) atoms. The molecule has 3 aromatic rings. The highest BCUT2D eigenvalue weighted by Gasteiger charge is 2.35. The summed E-state index contributed by atoms with van der Waals surface area (Å²) in [5, 5.41) is 21.1. The minimum Gasteiger partial charge on any atom is -0.432 e. The van der Waals surface area contributed by atoms with Crippen LogP contribution in [0, 0.1) is 21.4 Å². The second kappa shape index (κ2) is 6.00. The van der Waals surface area contributed by atoms with Gasteiger partial charge in [-0.15, -0.1) is 0 Å². The molecule has 4 rings (SSSR count). The third kappa shape index (κ3) is 2.49. The summed E-state index contributed by atoms with van der Waals surface area (Å²) in [6.45, 7) is 0. The van der Waals surface area contributed by atoms with Gasteiger partial charge >= 0.3 is 5.63 Å². The Hall–Kier alpha value is -4.12. The molecule has 0 aliphatic carbocycles. The number of fused-ring (bicyclic) bond motifs is 3. The van der Waals surface area contributed by atoms with Crippen LogP contribution in [0.4, 0.5) is 5.69 Å². The van der Waals surface area contributed by atoms with Gasteiger partial charge in [-0.25, -0.2) is 4.79 Å². The number of nitro groups is 1. The Morgan fingerprint density at radius 1 is 1.15 bits per heavy atom. The molecule has 2 aromatic carbocycles. The van der Waals surface area contributed by atoms with E-state index in [0.29, 0.717) is 22.1 Å². The number of nitro benzene ring substituents is 1. The molecule has 1 aliphatic heterocycles. The molecule has 0 fully saturated rings. The molecule has 2 heterocycles. The molecule has 0 saturated carbocycles. The van der Waals surface area contributed by atoms with Crippen LogP contribution in [-0.4, -0.2) is 4.92 Å². The SMILES string of the molecule is N#CC1=C(N)Oc2c(c3ccccc3oc2=O)C1c1ccc([N+](=O)[O-])cc1. The number of hydrogen-bond donors (Lipinski definition) is 1. The Kier molecular flexibility index (Phi) is 3.63. The number of non-ortho nitro benzene ring substituents is 1. The maximum absolute atomic E-state index is 12.4. The fourth-order valence-corrected chi connectivity index (χ4v) is 3.23. The van der Waals surface area contributed by atoms with Crippen molar-refractivity contribution < 1.29 is 14.1 Å². The van der Waals surface area contributed by atoms with E-state index < -0.39 is 16.5 Å². The first-order chi connectivity index (χ1) is 13.0. The summed E-state index contributed by atoms with van der Waals surface area (Å²) in [6, 6.07) is 14.6. The Balaban J connectivity index is 2.05. The molecule has 0 radical (unpaired) electrons. The minimum absolute atomic E-state index is 0.0843. The largest absolute Gasteiger partial charge is 0.432 e. The molecule has 132 valence electrons. The molecule has 2 N–H and O–H groups in total. The van der Waals surface area contributed by atoms with Crippen LogP contribution in [0.3, 0.4) is 0 Å². The van der Waals surface area contributed by atoms with Crippen LogP contribution in [0.15, 0.2) is 69.2 Å². The first kappa shape index (κ1) is 16.4. The third-order valence-electron chi connectivity index (χ3n) is 4.42. The summed E-state index contributed by atoms with van der Waals surface area (Å²) in [5.41, 5.74) is 6.55. The van der Waals surface area contributed by atoms with Crippen LogP contribution in [0.25, 0.3) is 11.0 Å². The standard InChI is InChI=1S/C19H11N3O5/c20-9-13-15(10-5-7-11(8-6-10)22(24)25)16-12-3-1-2-4-14(12)26-19(23)17(16)27-18(13)21/h1-8,15H,21H2. The normalized spacial score (nSPS) is 15.7. The Labute approximate surface area is 151 Å². The highest BCUT2D eigenvalue weighted by Crippen LogP contribution is 2.44. The molecule has 0 spiro atoms. The molecule has 8 nitrogen and oxygen atoms in total. The van der Waals surface area contributed by atoms with Crippen molar-refractivity contribution >= 4 is 16.7 Å². The quantitative estimate of drug-likeness (QED) is 0.421. The van der Waals surface area contributed by atoms with Crippen LogP contribution in [0.5, 0.6) is 5.75 Å². The average molecular weight is 361 g/mol. The third-order valence-corrected chi connectivity index (χ3v) is 4.42. The second-order valence-corrected chi connectivity index (χ2v) is 5.90. The summed E-state index contributed by atoms with van der Waals surface area (Å²) in [5.74, 6) is -1.00. The van der Waals surface area contributed by atoms with E-state index in [0.717, 1.165) is 0 Å². The summed E-state index contributed by atoms with van der Waals surface area (Å²) in [6.07, 6.45) is 0. The molecule has 1 aliphatic rings. The van der Waals surface area contributed by atoms with Crippen molar-refractivity contribution in [3.63, 3.8) is 0 Å². The van der Waals surface area contributed by atoms with E-state index in [-0.39, 0.29) is 22.9 Å². The number of allylic oxidation sites excluding steroid dienone is 1. The molecular weight excluding hydrogens is 350 g/mol. The fraction of sp³-hybridized carbons (Fsp3) is 0.0526. The van der Waals surface area contributed by atoms with Crippen LogP contribution < -0.4 is 16.1 Å². The number of benzene rings is 2. The monoisotopic (exact) mass is 361 g/mol. The topological polar surface area (TPSA) is 132 Å². The van der Waals surface area contributed by atoms with Gasteiger partial charge < -0.3 is 14.9 Å². The van der Waals surface area contributed by atoms with Crippen molar-refractivity contribution in [2.45, 2.75) is 5.92 Å². The summed E-state index contributed by atoms with van der Waals surface area (Å²) in [7, 11) is 0. The fourth-order valence-electron chi connectivity index (χ4n) is 3.23. The highest BCUT2D eigenvalue weighted by molar-refractivity contribution is 5.85. The number of hydrogen-bond acceptors (Lipinski definition) is 7. The average Bonchev–Trinajstić information content (AvgIpc) is 2.67. The first-order valence-electron chi connectivity index (χ1n) is 7.89. The zero-order chi connectivity index (χ0) is 19.1. The molecule has 0 saturated heterocycles. The molecule has 1 aromatic heterocycles. The summed E-state index contributed by atoms with van der Waals surface area (Å²) >= 11 is 0. The van der Waals surface area contributed by atoms with Gasteiger partial charge in [-0.2, -0.15) is 5.26 Å². The molecule has 0 amide bonds. The van der Waals surface area contributed by atoms with E-state index in [1.807, 2.05) is 6.07 Å². The van der Waals surface area contributed by atoms with Crippen LogP contribution in [-0.2, 0) is 0 Å². The van der Waals surface area contributed by atoms with Gasteiger partial charge in [-0.05, 0) is 11.6 Å². The summed E-state index contributed by atoms with van der Waals surface area (Å²) in [4.78, 5) is 22.8. The lowest BCUT2D eigenvalue weighted by molar-refractivity contribution is -0.384. The Bertz CT molecular complexity index is 1220. The lowest BCUT2D eigenvalue weighted by atomic mass is 9.82. The van der Waals surface area contributed by atoms with Gasteiger partial charge in [0.25, 0.3) is 5.69 Å². The van der Waals surface area contributed by atoms with Crippen molar-refractivity contribution in [2.75, 3.05) is 0 Å². The predicted octanol–water partition coefficient (Wildman–Crippen LogP) is 2.92. The number of ether oxygens (including phenoxy) is 1. The lowest BCUT2D eigenvalue weighted by Crippen LogP contribution is -2.25. The predicted molar refractivity (Wildman–Crippen MR) is 94.9 cm³/mol. The van der Waals surface area contributed by atoms with Crippen molar-refractivity contribution in [1.29, 1.82) is 5.26 Å². The number of nitriles is 1. The van der Waals surface area contributed by atoms with Gasteiger partial charge in [-0.1, -0.05) is 30.3 Å². The lowest BCUT2D eigenvalue weighted by Gasteiger charge is -2.26. The van der Waals surface area contributed by atoms with Crippen molar-refractivity contribution in [2.24, 2.45) is 5.73 Å². The second-order valence-electron chi connectivity index (χ2n) is 5.90. The molecule has 0 bridgehead atoms. The van der Waals surface area contributed by atoms with Gasteiger partial charge in [-0.3, -0.25) is 10.1 Å². The highest BCUT2D eigenvalue weighted by atomic mass is 16.6. The first-order valence-corrected chi connectivity index (χ1v) is 7.89. The molecule has 1 unspecified atom stereocenters.